The van der Waals surface area contributed by atoms with E-state index in [1.54, 1.807) is 0 Å². The normalized spacial score (nSPS) is 18.7. The molecule has 0 radical (unpaired) electrons. The van der Waals surface area contributed by atoms with Gasteiger partial charge in [0.15, 0.2) is 0 Å². The molecule has 2 aliphatic rings. The van der Waals surface area contributed by atoms with Gasteiger partial charge >= 0.3 is 0 Å². The number of fused-ring (bicyclic) bond motifs is 3. The molecule has 1 aliphatic carbocycles. The summed E-state index contributed by atoms with van der Waals surface area (Å²) in [5.41, 5.74) is 3.69. The minimum atomic E-state index is 0. The van der Waals surface area contributed by atoms with Crippen LogP contribution in [0.4, 0.5) is 0 Å². The number of nitrogens with zero attached hydrogens (tertiary/aromatic N) is 2. The van der Waals surface area contributed by atoms with Gasteiger partial charge in [-0.15, -0.1) is 12.4 Å². The van der Waals surface area contributed by atoms with Crippen molar-refractivity contribution < 1.29 is 0 Å². The van der Waals surface area contributed by atoms with E-state index < -0.39 is 0 Å². The van der Waals surface area contributed by atoms with Crippen molar-refractivity contribution in [3.63, 3.8) is 0 Å². The lowest BCUT2D eigenvalue weighted by molar-refractivity contribution is 0.294. The predicted molar refractivity (Wildman–Crippen MR) is 97.5 cm³/mol. The first-order chi connectivity index (χ1) is 10.8. The summed E-state index contributed by atoms with van der Waals surface area (Å²) in [6, 6.07) is 15.3. The predicted octanol–water partition coefficient (Wildman–Crippen LogP) is 5.22. The number of hydrogen-bond acceptors (Lipinski definition) is 2. The zero-order valence-corrected chi connectivity index (χ0v) is 14.0. The van der Waals surface area contributed by atoms with Crippen molar-refractivity contribution >= 4 is 28.9 Å². The molecule has 2 aromatic carbocycles. The Kier molecular flexibility index (Phi) is 4.41. The molecule has 0 saturated heterocycles. The second-order valence-corrected chi connectivity index (χ2v) is 6.67. The van der Waals surface area contributed by atoms with Crippen molar-refractivity contribution in [1.82, 2.24) is 0 Å². The van der Waals surface area contributed by atoms with E-state index in [1.165, 1.54) is 54.0 Å². The summed E-state index contributed by atoms with van der Waals surface area (Å²) in [5.74, 6) is 0. The fourth-order valence-corrected chi connectivity index (χ4v) is 4.22. The van der Waals surface area contributed by atoms with Gasteiger partial charge in [-0.25, -0.2) is 0 Å². The Morgan fingerprint density at radius 1 is 1.04 bits per heavy atom. The van der Waals surface area contributed by atoms with Crippen LogP contribution in [0.15, 0.2) is 41.4 Å². The molecule has 1 aliphatic heterocycles. The molecule has 2 nitrogen and oxygen atoms in total. The van der Waals surface area contributed by atoms with Gasteiger partial charge in [0.25, 0.3) is 0 Å². The molecule has 0 N–H and O–H groups in total. The van der Waals surface area contributed by atoms with E-state index in [0.29, 0.717) is 6.42 Å². The number of nitriles is 1. The highest BCUT2D eigenvalue weighted by atomic mass is 35.5. The molecule has 1 saturated carbocycles. The molecule has 0 atom stereocenters. The van der Waals surface area contributed by atoms with Gasteiger partial charge in [0.1, 0.15) is 0 Å². The summed E-state index contributed by atoms with van der Waals surface area (Å²) in [6.45, 7) is 0. The smallest absolute Gasteiger partial charge is 0.0776 e. The van der Waals surface area contributed by atoms with Crippen LogP contribution in [-0.4, -0.2) is 11.3 Å². The average molecular weight is 325 g/mol. The quantitative estimate of drug-likeness (QED) is 0.708. The molecule has 23 heavy (non-hydrogen) atoms. The van der Waals surface area contributed by atoms with Gasteiger partial charge in [-0.1, -0.05) is 55.7 Å². The molecular formula is C20H21ClN2. The maximum Gasteiger partial charge on any atom is 0.0776 e. The van der Waals surface area contributed by atoms with Crippen LogP contribution in [0.2, 0.25) is 0 Å². The monoisotopic (exact) mass is 324 g/mol. The minimum Gasteiger partial charge on any atom is -0.281 e. The summed E-state index contributed by atoms with van der Waals surface area (Å²) in [6.07, 6.45) is 7.67. The third kappa shape index (κ3) is 2.75. The number of rotatable bonds is 1. The largest absolute Gasteiger partial charge is 0.281 e. The molecule has 1 spiro atoms. The van der Waals surface area contributed by atoms with Gasteiger partial charge in [0.05, 0.1) is 23.7 Å². The van der Waals surface area contributed by atoms with Gasteiger partial charge in [-0.2, -0.15) is 5.26 Å². The maximum absolute atomic E-state index is 9.21. The minimum absolute atomic E-state index is 0. The maximum atomic E-state index is 9.21. The van der Waals surface area contributed by atoms with Crippen molar-refractivity contribution in [3.8, 4) is 6.07 Å². The molecule has 1 heterocycles. The van der Waals surface area contributed by atoms with E-state index >= 15 is 0 Å². The van der Waals surface area contributed by atoms with Crippen LogP contribution in [0.1, 0.15) is 49.7 Å². The first kappa shape index (κ1) is 16.0. The van der Waals surface area contributed by atoms with Crippen LogP contribution in [0.25, 0.3) is 10.8 Å². The highest BCUT2D eigenvalue weighted by Gasteiger charge is 2.36. The van der Waals surface area contributed by atoms with Gasteiger partial charge < -0.3 is 0 Å². The van der Waals surface area contributed by atoms with Crippen LogP contribution >= 0.6 is 12.4 Å². The van der Waals surface area contributed by atoms with Crippen LogP contribution in [0.3, 0.4) is 0 Å². The van der Waals surface area contributed by atoms with Crippen molar-refractivity contribution in [1.29, 1.82) is 5.26 Å². The standard InChI is InChI=1S/C20H20N2.ClH/c21-13-10-19-17-9-8-15-6-2-3-7-16(15)18(17)14-20(22-19)11-4-1-5-12-20;/h2-3,6-9H,1,4-5,10-12,14H2;1H. The number of hydrogen-bond donors (Lipinski definition) is 0. The van der Waals surface area contributed by atoms with Crippen molar-refractivity contribution in [2.75, 3.05) is 0 Å². The summed E-state index contributed by atoms with van der Waals surface area (Å²) >= 11 is 0. The summed E-state index contributed by atoms with van der Waals surface area (Å²) in [7, 11) is 0. The first-order valence-electron chi connectivity index (χ1n) is 8.28. The Balaban J connectivity index is 0.00000156. The Bertz CT molecular complexity index is 795. The van der Waals surface area contributed by atoms with Crippen LogP contribution in [0, 0.1) is 11.3 Å². The number of benzene rings is 2. The third-order valence-electron chi connectivity index (χ3n) is 5.26. The summed E-state index contributed by atoms with van der Waals surface area (Å²) in [5, 5.41) is 11.9. The van der Waals surface area contributed by atoms with Gasteiger partial charge in [0.2, 0.25) is 0 Å². The molecule has 118 valence electrons. The van der Waals surface area contributed by atoms with E-state index in [1.807, 2.05) is 0 Å². The topological polar surface area (TPSA) is 36.1 Å². The number of halogens is 1. The fraction of sp³-hybridized carbons (Fsp3) is 0.400. The SMILES string of the molecule is Cl.N#CCC1=NC2(CCCCC2)Cc2c1ccc1ccccc21. The summed E-state index contributed by atoms with van der Waals surface area (Å²) < 4.78 is 0. The molecule has 0 aromatic heterocycles. The van der Waals surface area contributed by atoms with Gasteiger partial charge in [-0.05, 0) is 35.6 Å². The molecule has 4 rings (SSSR count). The van der Waals surface area contributed by atoms with E-state index in [2.05, 4.69) is 42.5 Å². The zero-order chi connectivity index (χ0) is 15.0. The Hall–Kier alpha value is -1.85. The highest BCUT2D eigenvalue weighted by Crippen LogP contribution is 2.41. The fourth-order valence-electron chi connectivity index (χ4n) is 4.22. The van der Waals surface area contributed by atoms with E-state index in [-0.39, 0.29) is 17.9 Å². The lowest BCUT2D eigenvalue weighted by Gasteiger charge is -2.38. The molecule has 3 heteroatoms. The van der Waals surface area contributed by atoms with Crippen molar-refractivity contribution in [2.24, 2.45) is 4.99 Å². The lowest BCUT2D eigenvalue weighted by Crippen LogP contribution is -2.37. The second kappa shape index (κ2) is 6.34. The van der Waals surface area contributed by atoms with Crippen LogP contribution in [-0.2, 0) is 6.42 Å². The molecule has 2 aromatic rings. The number of aliphatic imine (C=N–C) groups is 1. The molecule has 0 unspecified atom stereocenters. The van der Waals surface area contributed by atoms with Crippen LogP contribution in [0.5, 0.6) is 0 Å². The van der Waals surface area contributed by atoms with E-state index in [9.17, 15) is 5.26 Å². The van der Waals surface area contributed by atoms with E-state index in [0.717, 1.165) is 12.1 Å². The lowest BCUT2D eigenvalue weighted by atomic mass is 9.73. The van der Waals surface area contributed by atoms with Crippen LogP contribution < -0.4 is 0 Å². The highest BCUT2D eigenvalue weighted by molar-refractivity contribution is 6.07. The Morgan fingerprint density at radius 3 is 2.61 bits per heavy atom. The second-order valence-electron chi connectivity index (χ2n) is 6.67. The Morgan fingerprint density at radius 2 is 1.83 bits per heavy atom. The third-order valence-corrected chi connectivity index (χ3v) is 5.26. The first-order valence-corrected chi connectivity index (χ1v) is 8.28. The van der Waals surface area contributed by atoms with Gasteiger partial charge in [0, 0.05) is 5.56 Å². The average Bonchev–Trinajstić information content (AvgIpc) is 2.56. The molecular weight excluding hydrogens is 304 g/mol. The van der Waals surface area contributed by atoms with Crippen molar-refractivity contribution in [2.45, 2.75) is 50.5 Å². The molecule has 1 fully saturated rings. The van der Waals surface area contributed by atoms with Crippen molar-refractivity contribution in [3.05, 3.63) is 47.5 Å². The zero-order valence-electron chi connectivity index (χ0n) is 13.2. The Labute approximate surface area is 143 Å². The molecule has 0 amide bonds. The van der Waals surface area contributed by atoms with E-state index in [4.69, 9.17) is 4.99 Å². The summed E-state index contributed by atoms with van der Waals surface area (Å²) in [4.78, 5) is 5.10. The van der Waals surface area contributed by atoms with Gasteiger partial charge in [-0.3, -0.25) is 4.99 Å². The molecule has 0 bridgehead atoms.